The number of benzene rings is 1. The van der Waals surface area contributed by atoms with Crippen LogP contribution >= 0.6 is 0 Å². The molecule has 0 spiro atoms. The number of pyridine rings is 1. The van der Waals surface area contributed by atoms with Crippen molar-refractivity contribution in [3.8, 4) is 5.88 Å². The Labute approximate surface area is 124 Å². The Morgan fingerprint density at radius 2 is 1.95 bits per heavy atom. The minimum Gasteiger partial charge on any atom is -0.481 e. The number of hydrogen-bond acceptors (Lipinski definition) is 3. The molecule has 110 valence electrons. The second-order valence-corrected chi connectivity index (χ2v) is 5.51. The summed E-state index contributed by atoms with van der Waals surface area (Å²) in [7, 11) is 1.62. The van der Waals surface area contributed by atoms with Gasteiger partial charge in [0.2, 0.25) is 5.88 Å². The lowest BCUT2D eigenvalue weighted by molar-refractivity contribution is 0.289. The molecule has 0 radical (unpaired) electrons. The Hall–Kier alpha value is -1.94. The van der Waals surface area contributed by atoms with Gasteiger partial charge in [-0.15, -0.1) is 0 Å². The maximum atomic E-state index is 12.9. The maximum absolute atomic E-state index is 12.9. The summed E-state index contributed by atoms with van der Waals surface area (Å²) in [6.07, 6.45) is 4.05. The van der Waals surface area contributed by atoms with E-state index in [9.17, 15) is 4.39 Å². The van der Waals surface area contributed by atoms with Crippen molar-refractivity contribution < 1.29 is 9.13 Å². The summed E-state index contributed by atoms with van der Waals surface area (Å²) >= 11 is 0. The Balaban J connectivity index is 1.45. The number of ether oxygens (including phenoxy) is 1. The van der Waals surface area contributed by atoms with E-state index in [2.05, 4.69) is 10.3 Å². The predicted octanol–water partition coefficient (Wildman–Crippen LogP) is 3.27. The molecule has 21 heavy (non-hydrogen) atoms. The SMILES string of the molecule is COc1ccc(CNC2CC(c3ccc(F)cc3)C2)cn1. The number of halogens is 1. The highest BCUT2D eigenvalue weighted by atomic mass is 19.1. The topological polar surface area (TPSA) is 34.1 Å². The summed E-state index contributed by atoms with van der Waals surface area (Å²) in [5.41, 5.74) is 2.39. The predicted molar refractivity (Wildman–Crippen MR) is 79.8 cm³/mol. The molecule has 1 saturated carbocycles. The second-order valence-electron chi connectivity index (χ2n) is 5.51. The van der Waals surface area contributed by atoms with Crippen LogP contribution in [0.2, 0.25) is 0 Å². The van der Waals surface area contributed by atoms with E-state index >= 15 is 0 Å². The first-order chi connectivity index (χ1) is 10.2. The monoisotopic (exact) mass is 286 g/mol. The van der Waals surface area contributed by atoms with E-state index in [4.69, 9.17) is 4.74 Å². The van der Waals surface area contributed by atoms with E-state index in [0.29, 0.717) is 17.8 Å². The summed E-state index contributed by atoms with van der Waals surface area (Å²) in [5, 5.41) is 3.53. The lowest BCUT2D eigenvalue weighted by atomic mass is 9.76. The van der Waals surface area contributed by atoms with E-state index in [1.165, 1.54) is 5.56 Å². The van der Waals surface area contributed by atoms with Crippen LogP contribution in [0.4, 0.5) is 4.39 Å². The highest BCUT2D eigenvalue weighted by Gasteiger charge is 2.29. The number of nitrogens with zero attached hydrogens (tertiary/aromatic N) is 1. The van der Waals surface area contributed by atoms with Gasteiger partial charge in [-0.05, 0) is 42.0 Å². The summed E-state index contributed by atoms with van der Waals surface area (Å²) in [5.74, 6) is 1.02. The van der Waals surface area contributed by atoms with Gasteiger partial charge in [-0.3, -0.25) is 0 Å². The number of aromatic nitrogens is 1. The number of rotatable bonds is 5. The molecule has 3 nitrogen and oxygen atoms in total. The number of methoxy groups -OCH3 is 1. The zero-order chi connectivity index (χ0) is 14.7. The van der Waals surface area contributed by atoms with Gasteiger partial charge in [0.15, 0.2) is 0 Å². The van der Waals surface area contributed by atoms with Gasteiger partial charge in [-0.2, -0.15) is 0 Å². The van der Waals surface area contributed by atoms with E-state index in [0.717, 1.165) is 24.9 Å². The molecule has 1 aromatic heterocycles. The molecule has 0 atom stereocenters. The van der Waals surface area contributed by atoms with Crippen molar-refractivity contribution in [2.24, 2.45) is 0 Å². The van der Waals surface area contributed by atoms with E-state index in [1.54, 1.807) is 19.2 Å². The van der Waals surface area contributed by atoms with E-state index in [1.807, 2.05) is 30.5 Å². The van der Waals surface area contributed by atoms with Crippen molar-refractivity contribution in [2.45, 2.75) is 31.3 Å². The lowest BCUT2D eigenvalue weighted by Gasteiger charge is -2.36. The molecule has 4 heteroatoms. The van der Waals surface area contributed by atoms with Gasteiger partial charge in [0.1, 0.15) is 5.82 Å². The van der Waals surface area contributed by atoms with Gasteiger partial charge in [0.05, 0.1) is 7.11 Å². The molecule has 1 aromatic carbocycles. The molecular weight excluding hydrogens is 267 g/mol. The highest BCUT2D eigenvalue weighted by molar-refractivity contribution is 5.24. The molecule has 0 bridgehead atoms. The van der Waals surface area contributed by atoms with Gasteiger partial charge in [0, 0.05) is 24.8 Å². The van der Waals surface area contributed by atoms with Crippen molar-refractivity contribution in [1.29, 1.82) is 0 Å². The third-order valence-electron chi connectivity index (χ3n) is 4.08. The molecule has 3 rings (SSSR count). The Bertz CT molecular complexity index is 577. The largest absolute Gasteiger partial charge is 0.481 e. The first-order valence-corrected chi connectivity index (χ1v) is 7.22. The van der Waals surface area contributed by atoms with Gasteiger partial charge >= 0.3 is 0 Å². The van der Waals surface area contributed by atoms with Crippen molar-refractivity contribution in [1.82, 2.24) is 10.3 Å². The molecule has 0 amide bonds. The van der Waals surface area contributed by atoms with Crippen molar-refractivity contribution in [3.05, 3.63) is 59.5 Å². The van der Waals surface area contributed by atoms with Crippen molar-refractivity contribution in [2.75, 3.05) is 7.11 Å². The van der Waals surface area contributed by atoms with Gasteiger partial charge in [-0.25, -0.2) is 9.37 Å². The van der Waals surface area contributed by atoms with Crippen LogP contribution in [0.15, 0.2) is 42.6 Å². The minimum absolute atomic E-state index is 0.167. The quantitative estimate of drug-likeness (QED) is 0.916. The van der Waals surface area contributed by atoms with E-state index in [-0.39, 0.29) is 5.82 Å². The molecule has 1 aliphatic rings. The van der Waals surface area contributed by atoms with Crippen LogP contribution in [0.1, 0.15) is 29.9 Å². The van der Waals surface area contributed by atoms with Crippen LogP contribution in [-0.2, 0) is 6.54 Å². The van der Waals surface area contributed by atoms with Gasteiger partial charge in [-0.1, -0.05) is 18.2 Å². The normalized spacial score (nSPS) is 20.9. The average Bonchev–Trinajstić information content (AvgIpc) is 2.48. The molecule has 1 heterocycles. The summed E-state index contributed by atoms with van der Waals surface area (Å²) in [6.45, 7) is 0.817. The maximum Gasteiger partial charge on any atom is 0.212 e. The van der Waals surface area contributed by atoms with Gasteiger partial charge < -0.3 is 10.1 Å². The molecule has 1 N–H and O–H groups in total. The Morgan fingerprint density at radius 1 is 1.19 bits per heavy atom. The molecule has 0 saturated heterocycles. The van der Waals surface area contributed by atoms with Crippen LogP contribution in [0.3, 0.4) is 0 Å². The minimum atomic E-state index is -0.167. The molecular formula is C17H19FN2O. The van der Waals surface area contributed by atoms with E-state index < -0.39 is 0 Å². The number of nitrogens with one attached hydrogen (secondary N) is 1. The fourth-order valence-corrected chi connectivity index (χ4v) is 2.69. The molecule has 0 aliphatic heterocycles. The second kappa shape index (κ2) is 6.22. The Kier molecular flexibility index (Phi) is 4.15. The Morgan fingerprint density at radius 3 is 2.57 bits per heavy atom. The van der Waals surface area contributed by atoms with Gasteiger partial charge in [0.25, 0.3) is 0 Å². The lowest BCUT2D eigenvalue weighted by Crippen LogP contribution is -2.39. The fourth-order valence-electron chi connectivity index (χ4n) is 2.69. The molecule has 1 fully saturated rings. The first kappa shape index (κ1) is 14.0. The van der Waals surface area contributed by atoms with Crippen LogP contribution in [0.5, 0.6) is 5.88 Å². The third-order valence-corrected chi connectivity index (χ3v) is 4.08. The molecule has 2 aromatic rings. The third kappa shape index (κ3) is 3.39. The van der Waals surface area contributed by atoms with Crippen LogP contribution < -0.4 is 10.1 Å². The molecule has 1 aliphatic carbocycles. The summed E-state index contributed by atoms with van der Waals surface area (Å²) in [4.78, 5) is 4.19. The van der Waals surface area contributed by atoms with Crippen molar-refractivity contribution in [3.63, 3.8) is 0 Å². The smallest absolute Gasteiger partial charge is 0.212 e. The van der Waals surface area contributed by atoms with Crippen molar-refractivity contribution >= 4 is 0 Å². The number of hydrogen-bond donors (Lipinski definition) is 1. The molecule has 0 unspecified atom stereocenters. The zero-order valence-corrected chi connectivity index (χ0v) is 12.1. The highest BCUT2D eigenvalue weighted by Crippen LogP contribution is 2.36. The fraction of sp³-hybridized carbons (Fsp3) is 0.353. The summed E-state index contributed by atoms with van der Waals surface area (Å²) in [6, 6.07) is 11.3. The van der Waals surface area contributed by atoms with Crippen LogP contribution in [-0.4, -0.2) is 18.1 Å². The summed E-state index contributed by atoms with van der Waals surface area (Å²) < 4.78 is 17.9. The van der Waals surface area contributed by atoms with Crippen LogP contribution in [0, 0.1) is 5.82 Å². The van der Waals surface area contributed by atoms with Crippen LogP contribution in [0.25, 0.3) is 0 Å². The average molecular weight is 286 g/mol. The first-order valence-electron chi connectivity index (χ1n) is 7.22. The standard InChI is InChI=1S/C17H19FN2O/c1-21-17-7-2-12(11-20-17)10-19-16-8-14(9-16)13-3-5-15(18)6-4-13/h2-7,11,14,16,19H,8-10H2,1H3. The zero-order valence-electron chi connectivity index (χ0n) is 12.1.